The first-order chi connectivity index (χ1) is 9.56. The lowest BCUT2D eigenvalue weighted by Crippen LogP contribution is -2.33. The Hall–Kier alpha value is -2.09. The van der Waals surface area contributed by atoms with Crippen molar-refractivity contribution in [2.24, 2.45) is 5.92 Å². The average Bonchev–Trinajstić information content (AvgIpc) is 2.89. The van der Waals surface area contributed by atoms with Gasteiger partial charge in [-0.2, -0.15) is 5.26 Å². The second-order valence-electron chi connectivity index (χ2n) is 5.21. The molecular formula is C15H19N3O2. The van der Waals surface area contributed by atoms with Crippen LogP contribution in [0.5, 0.6) is 0 Å². The number of hydrogen-bond donors (Lipinski definition) is 1. The van der Waals surface area contributed by atoms with Crippen LogP contribution in [-0.2, 0) is 17.6 Å². The van der Waals surface area contributed by atoms with E-state index in [1.807, 2.05) is 17.9 Å². The molecule has 20 heavy (non-hydrogen) atoms. The molecule has 2 rings (SSSR count). The normalized spacial score (nSPS) is 14.4. The first kappa shape index (κ1) is 14.3. The van der Waals surface area contributed by atoms with Crippen LogP contribution in [0.25, 0.3) is 0 Å². The van der Waals surface area contributed by atoms with E-state index in [9.17, 15) is 10.1 Å². The highest BCUT2D eigenvalue weighted by Gasteiger charge is 2.22. The Morgan fingerprint density at radius 2 is 2.35 bits per heavy atom. The molecule has 1 aliphatic carbocycles. The van der Waals surface area contributed by atoms with Gasteiger partial charge < -0.3 is 10.0 Å². The molecule has 106 valence electrons. The summed E-state index contributed by atoms with van der Waals surface area (Å²) in [5.74, 6) is -0.691. The summed E-state index contributed by atoms with van der Waals surface area (Å²) in [4.78, 5) is 17.5. The fraction of sp³-hybridized carbons (Fsp3) is 0.533. The molecule has 1 aromatic heterocycles. The van der Waals surface area contributed by atoms with E-state index in [1.165, 1.54) is 0 Å². The summed E-state index contributed by atoms with van der Waals surface area (Å²) in [5, 5.41) is 18.3. The van der Waals surface area contributed by atoms with Crippen LogP contribution in [0.2, 0.25) is 0 Å². The van der Waals surface area contributed by atoms with Crippen molar-refractivity contribution < 1.29 is 9.90 Å². The van der Waals surface area contributed by atoms with Gasteiger partial charge in [0.05, 0.1) is 11.5 Å². The van der Waals surface area contributed by atoms with Gasteiger partial charge in [0.2, 0.25) is 0 Å². The van der Waals surface area contributed by atoms with Gasteiger partial charge in [-0.15, -0.1) is 0 Å². The van der Waals surface area contributed by atoms with Crippen LogP contribution < -0.4 is 4.90 Å². The molecule has 0 aromatic carbocycles. The first-order valence-electron chi connectivity index (χ1n) is 6.97. The quantitative estimate of drug-likeness (QED) is 0.887. The number of carbonyl (C=O) groups is 1. The Labute approximate surface area is 118 Å². The van der Waals surface area contributed by atoms with Gasteiger partial charge in [0, 0.05) is 18.8 Å². The van der Waals surface area contributed by atoms with Gasteiger partial charge in [-0.1, -0.05) is 6.92 Å². The van der Waals surface area contributed by atoms with Crippen LogP contribution >= 0.6 is 0 Å². The number of hydrogen-bond acceptors (Lipinski definition) is 4. The Morgan fingerprint density at radius 1 is 1.60 bits per heavy atom. The molecule has 0 aliphatic heterocycles. The van der Waals surface area contributed by atoms with Gasteiger partial charge in [0.25, 0.3) is 0 Å². The Kier molecular flexibility index (Phi) is 4.23. The molecule has 1 aliphatic rings. The summed E-state index contributed by atoms with van der Waals surface area (Å²) in [6.07, 6.45) is 3.00. The Morgan fingerprint density at radius 3 is 2.95 bits per heavy atom. The zero-order valence-electron chi connectivity index (χ0n) is 11.9. The summed E-state index contributed by atoms with van der Waals surface area (Å²) in [6.45, 7) is 4.62. The minimum atomic E-state index is -0.830. The lowest BCUT2D eigenvalue weighted by Gasteiger charge is -2.25. The van der Waals surface area contributed by atoms with Crippen molar-refractivity contribution in [1.82, 2.24) is 4.98 Å². The lowest BCUT2D eigenvalue weighted by atomic mass is 10.1. The maximum absolute atomic E-state index is 11.0. The zero-order chi connectivity index (χ0) is 14.7. The van der Waals surface area contributed by atoms with Crippen LogP contribution in [0.1, 0.15) is 37.1 Å². The van der Waals surface area contributed by atoms with Crippen molar-refractivity contribution in [3.05, 3.63) is 22.9 Å². The lowest BCUT2D eigenvalue weighted by molar-refractivity contribution is -0.140. The molecule has 0 fully saturated rings. The molecule has 1 aromatic rings. The van der Waals surface area contributed by atoms with E-state index in [0.29, 0.717) is 24.5 Å². The number of carboxylic acid groups (broad SMARTS) is 1. The number of aryl methyl sites for hydroxylation is 2. The van der Waals surface area contributed by atoms with E-state index in [4.69, 9.17) is 5.11 Å². The summed E-state index contributed by atoms with van der Waals surface area (Å²) in [6, 6.07) is 4.11. The highest BCUT2D eigenvalue weighted by molar-refractivity contribution is 5.70. The summed E-state index contributed by atoms with van der Waals surface area (Å²) in [7, 11) is 0. The molecule has 1 unspecified atom stereocenters. The highest BCUT2D eigenvalue weighted by atomic mass is 16.4. The number of aliphatic carboxylic acids is 1. The van der Waals surface area contributed by atoms with E-state index < -0.39 is 11.9 Å². The molecule has 5 nitrogen and oxygen atoms in total. The molecule has 0 bridgehead atoms. The van der Waals surface area contributed by atoms with E-state index in [2.05, 4.69) is 11.1 Å². The maximum atomic E-state index is 11.0. The minimum absolute atomic E-state index is 0.367. The molecule has 1 heterocycles. The third-order valence-corrected chi connectivity index (χ3v) is 3.75. The van der Waals surface area contributed by atoms with Crippen molar-refractivity contribution in [3.8, 4) is 6.07 Å². The van der Waals surface area contributed by atoms with Crippen molar-refractivity contribution in [3.63, 3.8) is 0 Å². The number of fused-ring (bicyclic) bond motifs is 1. The van der Waals surface area contributed by atoms with Crippen molar-refractivity contribution >= 4 is 11.8 Å². The Bertz CT molecular complexity index is 563. The molecule has 0 saturated heterocycles. The van der Waals surface area contributed by atoms with Gasteiger partial charge in [-0.3, -0.25) is 4.79 Å². The predicted molar refractivity (Wildman–Crippen MR) is 75.7 cm³/mol. The largest absolute Gasteiger partial charge is 0.481 e. The number of nitriles is 1. The second-order valence-corrected chi connectivity index (χ2v) is 5.21. The predicted octanol–water partition coefficient (Wildman–Crippen LogP) is 1.99. The third kappa shape index (κ3) is 2.74. The number of rotatable bonds is 5. The monoisotopic (exact) mass is 273 g/mol. The van der Waals surface area contributed by atoms with E-state index in [-0.39, 0.29) is 0 Å². The molecular weight excluding hydrogens is 254 g/mol. The van der Waals surface area contributed by atoms with E-state index >= 15 is 0 Å². The van der Waals surface area contributed by atoms with Crippen LogP contribution in [-0.4, -0.2) is 29.1 Å². The van der Waals surface area contributed by atoms with Gasteiger partial charge in [0.15, 0.2) is 0 Å². The first-order valence-corrected chi connectivity index (χ1v) is 6.97. The molecule has 0 saturated carbocycles. The van der Waals surface area contributed by atoms with Crippen LogP contribution in [0.15, 0.2) is 6.07 Å². The fourth-order valence-corrected chi connectivity index (χ4v) is 2.56. The zero-order valence-corrected chi connectivity index (χ0v) is 11.9. The number of pyridine rings is 1. The smallest absolute Gasteiger partial charge is 0.308 e. The maximum Gasteiger partial charge on any atom is 0.308 e. The molecule has 0 spiro atoms. The Balaban J connectivity index is 2.34. The van der Waals surface area contributed by atoms with Gasteiger partial charge >= 0.3 is 5.97 Å². The summed E-state index contributed by atoms with van der Waals surface area (Å²) >= 11 is 0. The topological polar surface area (TPSA) is 77.2 Å². The van der Waals surface area contributed by atoms with Gasteiger partial charge in [-0.25, -0.2) is 4.98 Å². The molecule has 5 heteroatoms. The van der Waals surface area contributed by atoms with Crippen molar-refractivity contribution in [2.75, 3.05) is 18.0 Å². The molecule has 0 radical (unpaired) electrons. The average molecular weight is 273 g/mol. The van der Waals surface area contributed by atoms with E-state index in [0.717, 1.165) is 30.5 Å². The minimum Gasteiger partial charge on any atom is -0.481 e. The van der Waals surface area contributed by atoms with Crippen LogP contribution in [0, 0.1) is 17.2 Å². The fourth-order valence-electron chi connectivity index (χ4n) is 2.56. The number of nitrogens with zero attached hydrogens (tertiary/aromatic N) is 3. The molecule has 0 amide bonds. The van der Waals surface area contributed by atoms with Crippen molar-refractivity contribution in [2.45, 2.75) is 33.1 Å². The molecule has 1 atom stereocenters. The number of aromatic nitrogens is 1. The SMILES string of the molecule is CCN(CC(C)C(=O)O)c1nc2c(cc1C#N)CCC2. The van der Waals surface area contributed by atoms with Crippen LogP contribution in [0.3, 0.4) is 0 Å². The molecule has 1 N–H and O–H groups in total. The number of anilines is 1. The summed E-state index contributed by atoms with van der Waals surface area (Å²) in [5.41, 5.74) is 2.76. The standard InChI is InChI=1S/C15H19N3O2/c1-3-18(9-10(2)15(19)20)14-12(8-16)7-11-5-4-6-13(11)17-14/h7,10H,3-6,9H2,1-2H3,(H,19,20). The highest BCUT2D eigenvalue weighted by Crippen LogP contribution is 2.27. The second kappa shape index (κ2) is 5.91. The third-order valence-electron chi connectivity index (χ3n) is 3.75. The van der Waals surface area contributed by atoms with E-state index in [1.54, 1.807) is 6.92 Å². The van der Waals surface area contributed by atoms with Crippen LogP contribution in [0.4, 0.5) is 5.82 Å². The summed E-state index contributed by atoms with van der Waals surface area (Å²) < 4.78 is 0. The van der Waals surface area contributed by atoms with Crippen molar-refractivity contribution in [1.29, 1.82) is 5.26 Å². The van der Waals surface area contributed by atoms with Gasteiger partial charge in [0.1, 0.15) is 11.9 Å². The number of carboxylic acids is 1. The van der Waals surface area contributed by atoms with Gasteiger partial charge in [-0.05, 0) is 37.8 Å².